The summed E-state index contributed by atoms with van der Waals surface area (Å²) in [6.07, 6.45) is 3.22. The second-order valence-corrected chi connectivity index (χ2v) is 7.10. The molecule has 0 saturated heterocycles. The number of Topliss-reactive ketones (excluding diaryl/α,β-unsaturated/α-hetero) is 1. The number of nitrogens with zero attached hydrogens (tertiary/aromatic N) is 2. The van der Waals surface area contributed by atoms with Crippen LogP contribution in [-0.4, -0.2) is 15.6 Å². The van der Waals surface area contributed by atoms with Crippen LogP contribution in [0.3, 0.4) is 0 Å². The van der Waals surface area contributed by atoms with E-state index in [2.05, 4.69) is 57.1 Å². The van der Waals surface area contributed by atoms with E-state index in [1.807, 2.05) is 4.68 Å². The van der Waals surface area contributed by atoms with Gasteiger partial charge in [0.2, 0.25) is 0 Å². The zero-order chi connectivity index (χ0) is 15.2. The van der Waals surface area contributed by atoms with Gasteiger partial charge in [-0.15, -0.1) is 0 Å². The van der Waals surface area contributed by atoms with Crippen LogP contribution in [0.5, 0.6) is 0 Å². The van der Waals surface area contributed by atoms with Gasteiger partial charge in [0, 0.05) is 6.42 Å². The van der Waals surface area contributed by atoms with E-state index in [0.717, 1.165) is 23.4 Å². The van der Waals surface area contributed by atoms with Crippen LogP contribution >= 0.6 is 0 Å². The molecule has 21 heavy (non-hydrogen) atoms. The van der Waals surface area contributed by atoms with E-state index in [0.29, 0.717) is 12.3 Å². The molecule has 3 heteroatoms. The maximum atomic E-state index is 12.2. The highest BCUT2D eigenvalue weighted by atomic mass is 16.1. The fourth-order valence-electron chi connectivity index (χ4n) is 3.05. The Hall–Kier alpha value is -1.90. The quantitative estimate of drug-likeness (QED) is 0.829. The molecule has 2 aromatic rings. The lowest BCUT2D eigenvalue weighted by Gasteiger charge is -2.28. The van der Waals surface area contributed by atoms with Crippen LogP contribution in [0.4, 0.5) is 0 Å². The second-order valence-electron chi connectivity index (χ2n) is 7.10. The Balaban J connectivity index is 2.03. The predicted molar refractivity (Wildman–Crippen MR) is 84.1 cm³/mol. The van der Waals surface area contributed by atoms with Gasteiger partial charge in [-0.05, 0) is 35.4 Å². The van der Waals surface area contributed by atoms with Crippen LogP contribution in [-0.2, 0) is 6.42 Å². The van der Waals surface area contributed by atoms with Crippen LogP contribution < -0.4 is 0 Å². The molecule has 1 aromatic heterocycles. The summed E-state index contributed by atoms with van der Waals surface area (Å²) in [5, 5.41) is 4.45. The van der Waals surface area contributed by atoms with Crippen molar-refractivity contribution >= 4 is 5.78 Å². The van der Waals surface area contributed by atoms with Gasteiger partial charge in [-0.3, -0.25) is 4.79 Å². The molecule has 1 heterocycles. The predicted octanol–water partition coefficient (Wildman–Crippen LogP) is 4.15. The molecule has 0 unspecified atom stereocenters. The third-order valence-corrected chi connectivity index (χ3v) is 4.26. The standard InChI is InChI=1S/C18H22N2O/c1-12(2)13-5-7-14(8-6-13)20-16-9-18(3,4)10-17(21)15(16)11-19-20/h5-8,11-12H,9-10H2,1-4H3. The highest BCUT2D eigenvalue weighted by Gasteiger charge is 2.33. The zero-order valence-corrected chi connectivity index (χ0v) is 13.2. The molecule has 0 amide bonds. The van der Waals surface area contributed by atoms with E-state index in [-0.39, 0.29) is 11.2 Å². The number of ketones is 1. The summed E-state index contributed by atoms with van der Waals surface area (Å²) < 4.78 is 1.93. The average Bonchev–Trinajstić information content (AvgIpc) is 2.81. The summed E-state index contributed by atoms with van der Waals surface area (Å²) in [5.41, 5.74) is 4.21. The van der Waals surface area contributed by atoms with Crippen molar-refractivity contribution < 1.29 is 4.79 Å². The van der Waals surface area contributed by atoms with Gasteiger partial charge < -0.3 is 0 Å². The Bertz CT molecular complexity index is 678. The molecule has 0 bridgehead atoms. The monoisotopic (exact) mass is 282 g/mol. The van der Waals surface area contributed by atoms with Crippen LogP contribution in [0.1, 0.15) is 61.6 Å². The molecule has 110 valence electrons. The molecule has 0 spiro atoms. The maximum absolute atomic E-state index is 12.2. The first-order valence-electron chi connectivity index (χ1n) is 7.58. The number of carbonyl (C=O) groups is 1. The molecule has 0 N–H and O–H groups in total. The van der Waals surface area contributed by atoms with Crippen molar-refractivity contribution in [2.75, 3.05) is 0 Å². The Morgan fingerprint density at radius 2 is 1.81 bits per heavy atom. The van der Waals surface area contributed by atoms with Crippen molar-refractivity contribution in [1.82, 2.24) is 9.78 Å². The van der Waals surface area contributed by atoms with Crippen molar-refractivity contribution in [2.24, 2.45) is 5.41 Å². The molecule has 0 saturated carbocycles. The number of carbonyl (C=O) groups excluding carboxylic acids is 1. The summed E-state index contributed by atoms with van der Waals surface area (Å²) >= 11 is 0. The SMILES string of the molecule is CC(C)c1ccc(-n2ncc3c2CC(C)(C)CC3=O)cc1. The third kappa shape index (κ3) is 2.53. The Morgan fingerprint density at radius 1 is 1.14 bits per heavy atom. The minimum absolute atomic E-state index is 0.0136. The topological polar surface area (TPSA) is 34.9 Å². The molecular weight excluding hydrogens is 260 g/mol. The van der Waals surface area contributed by atoms with Gasteiger partial charge in [-0.2, -0.15) is 5.10 Å². The first kappa shape index (κ1) is 14.1. The lowest BCUT2D eigenvalue weighted by atomic mass is 9.76. The molecule has 0 fully saturated rings. The molecule has 1 aliphatic carbocycles. The highest BCUT2D eigenvalue weighted by molar-refractivity contribution is 5.98. The molecule has 0 radical (unpaired) electrons. The number of rotatable bonds is 2. The van der Waals surface area contributed by atoms with Gasteiger partial charge in [0.05, 0.1) is 23.1 Å². The molecule has 3 rings (SSSR count). The molecule has 3 nitrogen and oxygen atoms in total. The first-order chi connectivity index (χ1) is 9.87. The fourth-order valence-corrected chi connectivity index (χ4v) is 3.05. The van der Waals surface area contributed by atoms with Crippen molar-refractivity contribution in [1.29, 1.82) is 0 Å². The summed E-state index contributed by atoms with van der Waals surface area (Å²) in [5.74, 6) is 0.734. The summed E-state index contributed by atoms with van der Waals surface area (Å²) in [6, 6.07) is 8.47. The van der Waals surface area contributed by atoms with E-state index in [1.165, 1.54) is 5.56 Å². The average molecular weight is 282 g/mol. The van der Waals surface area contributed by atoms with E-state index in [9.17, 15) is 4.79 Å². The number of hydrogen-bond acceptors (Lipinski definition) is 2. The number of hydrogen-bond donors (Lipinski definition) is 0. The van der Waals surface area contributed by atoms with E-state index in [1.54, 1.807) is 6.20 Å². The van der Waals surface area contributed by atoms with Gasteiger partial charge >= 0.3 is 0 Å². The summed E-state index contributed by atoms with van der Waals surface area (Å²) in [6.45, 7) is 8.66. The summed E-state index contributed by atoms with van der Waals surface area (Å²) in [4.78, 5) is 12.2. The van der Waals surface area contributed by atoms with Crippen molar-refractivity contribution in [2.45, 2.75) is 46.5 Å². The molecule has 1 aromatic carbocycles. The smallest absolute Gasteiger partial charge is 0.166 e. The van der Waals surface area contributed by atoms with Gasteiger partial charge in [0.1, 0.15) is 0 Å². The summed E-state index contributed by atoms with van der Waals surface area (Å²) in [7, 11) is 0. The lowest BCUT2D eigenvalue weighted by molar-refractivity contribution is 0.0911. The van der Waals surface area contributed by atoms with Gasteiger partial charge in [0.25, 0.3) is 0 Å². The van der Waals surface area contributed by atoms with Gasteiger partial charge in [0.15, 0.2) is 5.78 Å². The maximum Gasteiger partial charge on any atom is 0.166 e. The van der Waals surface area contributed by atoms with Crippen molar-refractivity contribution in [3.8, 4) is 5.69 Å². The first-order valence-corrected chi connectivity index (χ1v) is 7.58. The normalized spacial score (nSPS) is 17.1. The fraction of sp³-hybridized carbons (Fsp3) is 0.444. The lowest BCUT2D eigenvalue weighted by Crippen LogP contribution is -2.27. The van der Waals surface area contributed by atoms with Crippen LogP contribution in [0.25, 0.3) is 5.69 Å². The molecule has 0 atom stereocenters. The van der Waals surface area contributed by atoms with E-state index >= 15 is 0 Å². The van der Waals surface area contributed by atoms with Crippen molar-refractivity contribution in [3.05, 3.63) is 47.3 Å². The van der Waals surface area contributed by atoms with Crippen molar-refractivity contribution in [3.63, 3.8) is 0 Å². The van der Waals surface area contributed by atoms with Gasteiger partial charge in [-0.25, -0.2) is 4.68 Å². The van der Waals surface area contributed by atoms with Crippen LogP contribution in [0.15, 0.2) is 30.5 Å². The number of aromatic nitrogens is 2. The van der Waals surface area contributed by atoms with Crippen LogP contribution in [0, 0.1) is 5.41 Å². The molecule has 1 aliphatic rings. The Kier molecular flexibility index (Phi) is 3.23. The van der Waals surface area contributed by atoms with E-state index in [4.69, 9.17) is 0 Å². The largest absolute Gasteiger partial charge is 0.294 e. The molecular formula is C18H22N2O. The Labute approximate surface area is 126 Å². The second kappa shape index (κ2) is 4.83. The number of fused-ring (bicyclic) bond motifs is 1. The number of benzene rings is 1. The molecule has 0 aliphatic heterocycles. The minimum atomic E-state index is 0.0136. The van der Waals surface area contributed by atoms with Crippen LogP contribution in [0.2, 0.25) is 0 Å². The minimum Gasteiger partial charge on any atom is -0.294 e. The Morgan fingerprint density at radius 3 is 2.43 bits per heavy atom. The highest BCUT2D eigenvalue weighted by Crippen LogP contribution is 2.35. The third-order valence-electron chi connectivity index (χ3n) is 4.26. The van der Waals surface area contributed by atoms with E-state index < -0.39 is 0 Å². The zero-order valence-electron chi connectivity index (χ0n) is 13.2. The van der Waals surface area contributed by atoms with Gasteiger partial charge in [-0.1, -0.05) is 39.8 Å².